The van der Waals surface area contributed by atoms with Gasteiger partial charge in [0.1, 0.15) is 5.60 Å². The third kappa shape index (κ3) is 2.48. The minimum Gasteiger partial charge on any atom is -0.444 e. The fraction of sp³-hybridized carbons (Fsp3) is 0.917. The van der Waals surface area contributed by atoms with Gasteiger partial charge in [-0.25, -0.2) is 4.79 Å². The minimum absolute atomic E-state index is 0.135. The molecule has 0 aromatic carbocycles. The number of nitrogens with zero attached hydrogens (tertiary/aromatic N) is 1. The second-order valence-corrected chi connectivity index (χ2v) is 5.78. The molecule has 2 atom stereocenters. The molecule has 2 heterocycles. The van der Waals surface area contributed by atoms with Crippen molar-refractivity contribution in [1.29, 1.82) is 0 Å². The Morgan fingerprint density at radius 2 is 1.81 bits per heavy atom. The van der Waals surface area contributed by atoms with Crippen molar-refractivity contribution in [3.05, 3.63) is 0 Å². The first kappa shape index (κ1) is 11.7. The first-order valence-corrected chi connectivity index (χ1v) is 6.19. The van der Waals surface area contributed by atoms with Gasteiger partial charge in [0.15, 0.2) is 0 Å². The van der Waals surface area contributed by atoms with E-state index in [0.717, 1.165) is 25.9 Å². The van der Waals surface area contributed by atoms with Gasteiger partial charge in [0, 0.05) is 25.2 Å². The normalized spacial score (nSPS) is 30.1. The van der Waals surface area contributed by atoms with Crippen molar-refractivity contribution in [2.75, 3.05) is 13.1 Å². The fourth-order valence-corrected chi connectivity index (χ4v) is 2.60. The lowest BCUT2D eigenvalue weighted by Gasteiger charge is -2.46. The van der Waals surface area contributed by atoms with E-state index in [1.807, 2.05) is 25.7 Å². The summed E-state index contributed by atoms with van der Waals surface area (Å²) in [5.41, 5.74) is -0.393. The highest BCUT2D eigenvalue weighted by molar-refractivity contribution is 5.69. The number of amides is 1. The maximum absolute atomic E-state index is 12.1. The summed E-state index contributed by atoms with van der Waals surface area (Å²) in [6, 6.07) is 0.671. The number of piperazine rings is 1. The summed E-state index contributed by atoms with van der Waals surface area (Å²) >= 11 is 0. The lowest BCUT2D eigenvalue weighted by Crippen LogP contribution is -2.62. The van der Waals surface area contributed by atoms with Crippen LogP contribution >= 0.6 is 0 Å². The minimum atomic E-state index is -0.393. The summed E-state index contributed by atoms with van der Waals surface area (Å²) in [6.07, 6.45) is 3.30. The molecular formula is C12H22N2O2. The van der Waals surface area contributed by atoms with E-state index in [1.165, 1.54) is 6.42 Å². The van der Waals surface area contributed by atoms with Crippen molar-refractivity contribution in [3.63, 3.8) is 0 Å². The summed E-state index contributed by atoms with van der Waals surface area (Å²) in [5, 5.41) is 3.39. The Bertz CT molecular complexity index is 251. The van der Waals surface area contributed by atoms with Crippen LogP contribution in [0.4, 0.5) is 4.79 Å². The molecule has 2 fully saturated rings. The zero-order valence-corrected chi connectivity index (χ0v) is 10.5. The lowest BCUT2D eigenvalue weighted by atomic mass is 9.93. The Morgan fingerprint density at radius 1 is 1.25 bits per heavy atom. The molecule has 0 spiro atoms. The number of ether oxygens (including phenoxy) is 1. The number of carbonyl (C=O) groups excluding carboxylic acids is 1. The van der Waals surface area contributed by atoms with Crippen LogP contribution in [0.15, 0.2) is 0 Å². The molecule has 1 N–H and O–H groups in total. The molecule has 4 heteroatoms. The molecule has 0 aliphatic carbocycles. The van der Waals surface area contributed by atoms with E-state index in [-0.39, 0.29) is 6.09 Å². The predicted molar refractivity (Wildman–Crippen MR) is 62.4 cm³/mol. The van der Waals surface area contributed by atoms with E-state index in [2.05, 4.69) is 5.32 Å². The Hall–Kier alpha value is -0.770. The standard InChI is InChI=1S/C12H22N2O2/c1-12(2,3)16-11(15)14-9-5-4-6-10(14)8-13-7-9/h9-10,13H,4-8H2,1-3H3. The SMILES string of the molecule is CC(C)(C)OC(=O)N1C2CCCC1CNC2. The highest BCUT2D eigenvalue weighted by atomic mass is 16.6. The van der Waals surface area contributed by atoms with Gasteiger partial charge in [-0.2, -0.15) is 0 Å². The van der Waals surface area contributed by atoms with Crippen LogP contribution in [0.1, 0.15) is 40.0 Å². The van der Waals surface area contributed by atoms with Crippen molar-refractivity contribution in [2.24, 2.45) is 0 Å². The van der Waals surface area contributed by atoms with Gasteiger partial charge in [-0.1, -0.05) is 0 Å². The van der Waals surface area contributed by atoms with Gasteiger partial charge in [-0.05, 0) is 40.0 Å². The Morgan fingerprint density at radius 3 is 2.31 bits per heavy atom. The highest BCUT2D eigenvalue weighted by Crippen LogP contribution is 2.27. The maximum atomic E-state index is 12.1. The highest BCUT2D eigenvalue weighted by Gasteiger charge is 2.38. The van der Waals surface area contributed by atoms with Gasteiger partial charge in [0.2, 0.25) is 0 Å². The molecule has 1 amide bonds. The van der Waals surface area contributed by atoms with Gasteiger partial charge < -0.3 is 10.1 Å². The van der Waals surface area contributed by atoms with Gasteiger partial charge in [0.05, 0.1) is 0 Å². The summed E-state index contributed by atoms with van der Waals surface area (Å²) in [6.45, 7) is 7.58. The maximum Gasteiger partial charge on any atom is 0.410 e. The monoisotopic (exact) mass is 226 g/mol. The van der Waals surface area contributed by atoms with E-state index in [0.29, 0.717) is 12.1 Å². The van der Waals surface area contributed by atoms with Crippen LogP contribution in [-0.2, 0) is 4.74 Å². The third-order valence-corrected chi connectivity index (χ3v) is 3.23. The van der Waals surface area contributed by atoms with E-state index >= 15 is 0 Å². The summed E-state index contributed by atoms with van der Waals surface area (Å²) < 4.78 is 5.47. The summed E-state index contributed by atoms with van der Waals surface area (Å²) in [4.78, 5) is 14.1. The second-order valence-electron chi connectivity index (χ2n) is 5.78. The van der Waals surface area contributed by atoms with Crippen LogP contribution in [0.5, 0.6) is 0 Å². The quantitative estimate of drug-likeness (QED) is 0.684. The molecule has 2 saturated heterocycles. The van der Waals surface area contributed by atoms with Crippen molar-refractivity contribution in [2.45, 2.75) is 57.7 Å². The van der Waals surface area contributed by atoms with Crippen LogP contribution in [0.2, 0.25) is 0 Å². The summed E-state index contributed by atoms with van der Waals surface area (Å²) in [7, 11) is 0. The largest absolute Gasteiger partial charge is 0.444 e. The van der Waals surface area contributed by atoms with Crippen LogP contribution < -0.4 is 5.32 Å². The average molecular weight is 226 g/mol. The molecule has 2 rings (SSSR count). The lowest BCUT2D eigenvalue weighted by molar-refractivity contribution is -0.0135. The Kier molecular flexibility index (Phi) is 3.10. The number of piperidine rings is 1. The molecular weight excluding hydrogens is 204 g/mol. The van der Waals surface area contributed by atoms with Gasteiger partial charge in [-0.3, -0.25) is 4.90 Å². The van der Waals surface area contributed by atoms with Crippen LogP contribution in [0.25, 0.3) is 0 Å². The number of carbonyl (C=O) groups is 1. The van der Waals surface area contributed by atoms with Crippen molar-refractivity contribution >= 4 is 6.09 Å². The molecule has 0 aromatic heterocycles. The molecule has 2 unspecified atom stereocenters. The van der Waals surface area contributed by atoms with E-state index in [9.17, 15) is 4.79 Å². The number of rotatable bonds is 0. The van der Waals surface area contributed by atoms with Crippen LogP contribution in [0.3, 0.4) is 0 Å². The van der Waals surface area contributed by atoms with Crippen LogP contribution in [-0.4, -0.2) is 41.8 Å². The second kappa shape index (κ2) is 4.24. The summed E-state index contributed by atoms with van der Waals surface area (Å²) in [5.74, 6) is 0. The Labute approximate surface area is 97.3 Å². The first-order chi connectivity index (χ1) is 7.47. The van der Waals surface area contributed by atoms with E-state index < -0.39 is 5.60 Å². The van der Waals surface area contributed by atoms with E-state index in [1.54, 1.807) is 0 Å². The van der Waals surface area contributed by atoms with Crippen molar-refractivity contribution < 1.29 is 9.53 Å². The van der Waals surface area contributed by atoms with Crippen molar-refractivity contribution in [1.82, 2.24) is 10.2 Å². The fourth-order valence-electron chi connectivity index (χ4n) is 2.60. The zero-order valence-electron chi connectivity index (χ0n) is 10.5. The first-order valence-electron chi connectivity index (χ1n) is 6.19. The third-order valence-electron chi connectivity index (χ3n) is 3.23. The van der Waals surface area contributed by atoms with Gasteiger partial charge in [-0.15, -0.1) is 0 Å². The molecule has 2 bridgehead atoms. The number of nitrogens with one attached hydrogen (secondary N) is 1. The molecule has 4 nitrogen and oxygen atoms in total. The average Bonchev–Trinajstić information content (AvgIpc) is 2.13. The van der Waals surface area contributed by atoms with E-state index in [4.69, 9.17) is 4.74 Å². The zero-order chi connectivity index (χ0) is 11.8. The predicted octanol–water partition coefficient (Wildman–Crippen LogP) is 1.75. The van der Waals surface area contributed by atoms with Crippen molar-refractivity contribution in [3.8, 4) is 0 Å². The molecule has 0 radical (unpaired) electrons. The molecule has 2 aliphatic rings. The van der Waals surface area contributed by atoms with Crippen LogP contribution in [0, 0.1) is 0 Å². The molecule has 0 saturated carbocycles. The number of hydrogen-bond acceptors (Lipinski definition) is 3. The van der Waals surface area contributed by atoms with Gasteiger partial charge >= 0.3 is 6.09 Å². The topological polar surface area (TPSA) is 41.6 Å². The number of fused-ring (bicyclic) bond motifs is 2. The molecule has 92 valence electrons. The Balaban J connectivity index is 2.04. The molecule has 2 aliphatic heterocycles. The molecule has 16 heavy (non-hydrogen) atoms. The van der Waals surface area contributed by atoms with Gasteiger partial charge in [0.25, 0.3) is 0 Å². The molecule has 0 aromatic rings. The number of hydrogen-bond donors (Lipinski definition) is 1. The smallest absolute Gasteiger partial charge is 0.410 e.